The first-order valence-corrected chi connectivity index (χ1v) is 5.91. The fraction of sp³-hybridized carbons (Fsp3) is 0.727. The molecule has 6 heteroatoms. The lowest BCUT2D eigenvalue weighted by Crippen LogP contribution is -2.16. The number of aromatic nitrogens is 3. The van der Waals surface area contributed by atoms with Crippen LogP contribution < -0.4 is 5.73 Å². The molecule has 6 nitrogen and oxygen atoms in total. The van der Waals surface area contributed by atoms with E-state index in [1.807, 2.05) is 0 Å². The Labute approximate surface area is 101 Å². The van der Waals surface area contributed by atoms with Gasteiger partial charge in [0.25, 0.3) is 5.91 Å². The largest absolute Gasteiger partial charge is 0.378 e. The summed E-state index contributed by atoms with van der Waals surface area (Å²) in [7, 11) is 1.57. The number of hydrogen-bond acceptors (Lipinski definition) is 4. The molecule has 1 aromatic heterocycles. The molecule has 0 fully saturated rings. The molecule has 0 aliphatic heterocycles. The number of unbranched alkanes of at least 4 members (excludes halogenated alkanes) is 3. The summed E-state index contributed by atoms with van der Waals surface area (Å²) in [5, 5.41) is 7.73. The van der Waals surface area contributed by atoms with Crippen LogP contribution in [0.5, 0.6) is 0 Å². The predicted octanol–water partition coefficient (Wildman–Crippen LogP) is 1.10. The number of carbonyl (C=O) groups is 1. The second kappa shape index (κ2) is 7.01. The van der Waals surface area contributed by atoms with Crippen molar-refractivity contribution in [2.75, 3.05) is 7.11 Å². The first-order valence-electron chi connectivity index (χ1n) is 5.91. The summed E-state index contributed by atoms with van der Waals surface area (Å²) in [6.45, 7) is 3.22. The van der Waals surface area contributed by atoms with Crippen LogP contribution in [0.1, 0.15) is 48.8 Å². The second-order valence-corrected chi connectivity index (χ2v) is 3.97. The number of nitrogens with two attached hydrogens (primary N) is 1. The average molecular weight is 240 g/mol. The summed E-state index contributed by atoms with van der Waals surface area (Å²) in [5.41, 5.74) is 6.10. The third kappa shape index (κ3) is 3.81. The lowest BCUT2D eigenvalue weighted by molar-refractivity contribution is 0.0989. The predicted molar refractivity (Wildman–Crippen MR) is 63.4 cm³/mol. The Bertz CT molecular complexity index is 362. The van der Waals surface area contributed by atoms with E-state index in [9.17, 15) is 4.79 Å². The highest BCUT2D eigenvalue weighted by Gasteiger charge is 2.16. The van der Waals surface area contributed by atoms with Gasteiger partial charge in [-0.15, -0.1) is 5.10 Å². The van der Waals surface area contributed by atoms with Gasteiger partial charge in [0.1, 0.15) is 0 Å². The van der Waals surface area contributed by atoms with E-state index < -0.39 is 5.91 Å². The van der Waals surface area contributed by atoms with Crippen molar-refractivity contribution in [1.82, 2.24) is 15.0 Å². The van der Waals surface area contributed by atoms with Crippen molar-refractivity contribution < 1.29 is 9.53 Å². The molecule has 0 spiro atoms. The first kappa shape index (κ1) is 13.6. The van der Waals surface area contributed by atoms with Gasteiger partial charge in [0.15, 0.2) is 5.69 Å². The fourth-order valence-corrected chi connectivity index (χ4v) is 1.67. The van der Waals surface area contributed by atoms with Crippen molar-refractivity contribution in [3.63, 3.8) is 0 Å². The number of aryl methyl sites for hydroxylation is 1. The summed E-state index contributed by atoms with van der Waals surface area (Å²) in [6.07, 6.45) is 4.56. The van der Waals surface area contributed by atoms with E-state index in [0.717, 1.165) is 19.4 Å². The summed E-state index contributed by atoms with van der Waals surface area (Å²) >= 11 is 0. The number of methoxy groups -OCH3 is 1. The molecule has 0 saturated carbocycles. The molecule has 0 aromatic carbocycles. The van der Waals surface area contributed by atoms with Crippen LogP contribution >= 0.6 is 0 Å². The monoisotopic (exact) mass is 240 g/mol. The molecule has 0 aliphatic carbocycles. The molecule has 96 valence electrons. The van der Waals surface area contributed by atoms with Crippen molar-refractivity contribution in [2.45, 2.75) is 45.8 Å². The van der Waals surface area contributed by atoms with E-state index in [1.165, 1.54) is 12.8 Å². The van der Waals surface area contributed by atoms with Gasteiger partial charge in [-0.3, -0.25) is 4.79 Å². The topological polar surface area (TPSA) is 83.0 Å². The Morgan fingerprint density at radius 3 is 2.76 bits per heavy atom. The molecule has 0 atom stereocenters. The molecule has 17 heavy (non-hydrogen) atoms. The normalized spacial score (nSPS) is 10.7. The highest BCUT2D eigenvalue weighted by molar-refractivity contribution is 5.91. The minimum absolute atomic E-state index is 0.211. The zero-order chi connectivity index (χ0) is 12.7. The highest BCUT2D eigenvalue weighted by Crippen LogP contribution is 2.09. The van der Waals surface area contributed by atoms with Crippen LogP contribution in [0.2, 0.25) is 0 Å². The lowest BCUT2D eigenvalue weighted by Gasteiger charge is -2.05. The number of rotatable bonds is 8. The van der Waals surface area contributed by atoms with Crippen molar-refractivity contribution >= 4 is 5.91 Å². The van der Waals surface area contributed by atoms with E-state index in [-0.39, 0.29) is 5.69 Å². The first-order chi connectivity index (χ1) is 8.20. The summed E-state index contributed by atoms with van der Waals surface area (Å²) < 4.78 is 6.74. The number of ether oxygens (including phenoxy) is 1. The molecule has 1 aromatic rings. The Morgan fingerprint density at radius 1 is 1.41 bits per heavy atom. The van der Waals surface area contributed by atoms with Crippen molar-refractivity contribution in [2.24, 2.45) is 5.73 Å². The lowest BCUT2D eigenvalue weighted by atomic mass is 10.2. The molecule has 1 amide bonds. The molecule has 2 N–H and O–H groups in total. The van der Waals surface area contributed by atoms with Crippen LogP contribution in [-0.4, -0.2) is 28.0 Å². The van der Waals surface area contributed by atoms with Crippen molar-refractivity contribution in [3.8, 4) is 0 Å². The van der Waals surface area contributed by atoms with Crippen molar-refractivity contribution in [1.29, 1.82) is 0 Å². The van der Waals surface area contributed by atoms with Gasteiger partial charge in [-0.25, -0.2) is 4.68 Å². The molecule has 0 saturated heterocycles. The summed E-state index contributed by atoms with van der Waals surface area (Å²) in [6, 6.07) is 0. The molecule has 0 bridgehead atoms. The molecule has 1 rings (SSSR count). The maximum absolute atomic E-state index is 11.1. The molecular weight excluding hydrogens is 220 g/mol. The Morgan fingerprint density at radius 2 is 2.18 bits per heavy atom. The minimum atomic E-state index is -0.558. The standard InChI is InChI=1S/C11H20N4O2/c1-3-4-5-6-7-15-9(8-17-2)10(11(12)16)13-14-15/h3-8H2,1-2H3,(H2,12,16). The van der Waals surface area contributed by atoms with Crippen LogP contribution in [0.15, 0.2) is 0 Å². The number of primary amides is 1. The Kier molecular flexibility index (Phi) is 5.62. The van der Waals surface area contributed by atoms with Gasteiger partial charge in [-0.1, -0.05) is 31.4 Å². The highest BCUT2D eigenvalue weighted by atomic mass is 16.5. The van der Waals surface area contributed by atoms with Crippen LogP contribution in [0.4, 0.5) is 0 Å². The maximum Gasteiger partial charge on any atom is 0.271 e. The molecule has 1 heterocycles. The SMILES string of the molecule is CCCCCCn1nnc(C(N)=O)c1COC. The van der Waals surface area contributed by atoms with Gasteiger partial charge in [0.2, 0.25) is 0 Å². The van der Waals surface area contributed by atoms with Crippen LogP contribution in [-0.2, 0) is 17.9 Å². The van der Waals surface area contributed by atoms with E-state index in [4.69, 9.17) is 10.5 Å². The van der Waals surface area contributed by atoms with Gasteiger partial charge >= 0.3 is 0 Å². The van der Waals surface area contributed by atoms with E-state index >= 15 is 0 Å². The molecule has 0 unspecified atom stereocenters. The zero-order valence-electron chi connectivity index (χ0n) is 10.5. The average Bonchev–Trinajstić information content (AvgIpc) is 2.69. The molecular formula is C11H20N4O2. The summed E-state index contributed by atoms with van der Waals surface area (Å²) in [4.78, 5) is 11.1. The number of nitrogens with zero attached hydrogens (tertiary/aromatic N) is 3. The smallest absolute Gasteiger partial charge is 0.271 e. The fourth-order valence-electron chi connectivity index (χ4n) is 1.67. The third-order valence-electron chi connectivity index (χ3n) is 2.58. The maximum atomic E-state index is 11.1. The zero-order valence-corrected chi connectivity index (χ0v) is 10.5. The molecule has 0 radical (unpaired) electrons. The molecule has 0 aliphatic rings. The van der Waals surface area contributed by atoms with E-state index in [0.29, 0.717) is 12.3 Å². The number of carbonyl (C=O) groups excluding carboxylic acids is 1. The quantitative estimate of drug-likeness (QED) is 0.690. The van der Waals surface area contributed by atoms with Gasteiger partial charge in [0.05, 0.1) is 12.3 Å². The van der Waals surface area contributed by atoms with Crippen LogP contribution in [0.25, 0.3) is 0 Å². The van der Waals surface area contributed by atoms with Crippen molar-refractivity contribution in [3.05, 3.63) is 11.4 Å². The van der Waals surface area contributed by atoms with Gasteiger partial charge in [-0.2, -0.15) is 0 Å². The van der Waals surface area contributed by atoms with E-state index in [2.05, 4.69) is 17.2 Å². The Balaban J connectivity index is 2.67. The minimum Gasteiger partial charge on any atom is -0.378 e. The van der Waals surface area contributed by atoms with Gasteiger partial charge < -0.3 is 10.5 Å². The van der Waals surface area contributed by atoms with Gasteiger partial charge in [-0.05, 0) is 6.42 Å². The van der Waals surface area contributed by atoms with Crippen LogP contribution in [0.3, 0.4) is 0 Å². The van der Waals surface area contributed by atoms with Crippen LogP contribution in [0, 0.1) is 0 Å². The Hall–Kier alpha value is -1.43. The summed E-state index contributed by atoms with van der Waals surface area (Å²) in [5.74, 6) is -0.558. The second-order valence-electron chi connectivity index (χ2n) is 3.97. The third-order valence-corrected chi connectivity index (χ3v) is 2.58. The number of amides is 1. The van der Waals surface area contributed by atoms with E-state index in [1.54, 1.807) is 11.8 Å². The van der Waals surface area contributed by atoms with Gasteiger partial charge in [0, 0.05) is 13.7 Å². The number of hydrogen-bond donors (Lipinski definition) is 1.